The van der Waals surface area contributed by atoms with Crippen LogP contribution in [0.3, 0.4) is 0 Å². The highest BCUT2D eigenvalue weighted by Crippen LogP contribution is 2.29. The Morgan fingerprint density at radius 1 is 1.30 bits per heavy atom. The second-order valence-corrected chi connectivity index (χ2v) is 5.38. The van der Waals surface area contributed by atoms with Crippen LogP contribution in [0.5, 0.6) is 11.6 Å². The second-order valence-electron chi connectivity index (χ2n) is 4.46. The lowest BCUT2D eigenvalue weighted by molar-refractivity contribution is 0.269. The predicted octanol–water partition coefficient (Wildman–Crippen LogP) is 3.69. The molecule has 1 N–H and O–H groups in total. The van der Waals surface area contributed by atoms with Crippen LogP contribution in [0.25, 0.3) is 5.65 Å². The first-order chi connectivity index (χ1) is 9.69. The van der Waals surface area contributed by atoms with Gasteiger partial charge in [-0.2, -0.15) is 4.98 Å². The van der Waals surface area contributed by atoms with Crippen molar-refractivity contribution in [3.63, 3.8) is 0 Å². The van der Waals surface area contributed by atoms with Crippen LogP contribution in [-0.4, -0.2) is 14.5 Å². The smallest absolute Gasteiger partial charge is 0.243 e. The Labute approximate surface area is 124 Å². The fourth-order valence-electron chi connectivity index (χ4n) is 2.08. The molecule has 3 aromatic rings. The molecule has 0 aliphatic carbocycles. The van der Waals surface area contributed by atoms with Crippen LogP contribution in [0.15, 0.2) is 47.1 Å². The zero-order valence-corrected chi connectivity index (χ0v) is 12.5. The molecule has 0 bridgehead atoms. The Hall–Kier alpha value is -1.85. The number of imidazole rings is 1. The van der Waals surface area contributed by atoms with Gasteiger partial charge in [0.05, 0.1) is 6.61 Å². The molecule has 102 valence electrons. The number of rotatable bonds is 3. The number of aliphatic hydroxyl groups excluding tert-OH is 1. The molecule has 0 radical (unpaired) electrons. The summed E-state index contributed by atoms with van der Waals surface area (Å²) in [7, 11) is 0. The van der Waals surface area contributed by atoms with Crippen LogP contribution in [0.2, 0.25) is 0 Å². The first-order valence-corrected chi connectivity index (χ1v) is 6.99. The Morgan fingerprint density at radius 3 is 2.90 bits per heavy atom. The number of aliphatic hydroxyl groups is 1. The van der Waals surface area contributed by atoms with E-state index in [0.29, 0.717) is 11.6 Å². The standard InChI is InChI=1S/C15H13BrN2O2/c1-10-8-11(16)5-6-13(10)20-15-12(9-19)18-7-3-2-4-14(18)17-15/h2-8,19H,9H2,1H3. The number of aryl methyl sites for hydroxylation is 1. The van der Waals surface area contributed by atoms with E-state index in [1.54, 1.807) is 0 Å². The molecule has 4 nitrogen and oxygen atoms in total. The van der Waals surface area contributed by atoms with E-state index in [-0.39, 0.29) is 6.61 Å². The Kier molecular flexibility index (Phi) is 3.46. The van der Waals surface area contributed by atoms with Gasteiger partial charge >= 0.3 is 0 Å². The Morgan fingerprint density at radius 2 is 2.15 bits per heavy atom. The van der Waals surface area contributed by atoms with Crippen LogP contribution in [-0.2, 0) is 6.61 Å². The van der Waals surface area contributed by atoms with Crippen molar-refractivity contribution in [2.45, 2.75) is 13.5 Å². The molecule has 0 fully saturated rings. The summed E-state index contributed by atoms with van der Waals surface area (Å²) in [4.78, 5) is 4.41. The number of hydrogen-bond donors (Lipinski definition) is 1. The number of benzene rings is 1. The number of halogens is 1. The van der Waals surface area contributed by atoms with Crippen LogP contribution >= 0.6 is 15.9 Å². The molecule has 3 rings (SSSR count). The molecular formula is C15H13BrN2O2. The Bertz CT molecular complexity index is 768. The summed E-state index contributed by atoms with van der Waals surface area (Å²) in [5.74, 6) is 1.16. The van der Waals surface area contributed by atoms with Gasteiger partial charge in [-0.25, -0.2) is 0 Å². The number of fused-ring (bicyclic) bond motifs is 1. The number of nitrogens with zero attached hydrogens (tertiary/aromatic N) is 2. The van der Waals surface area contributed by atoms with E-state index in [4.69, 9.17) is 4.74 Å². The molecule has 0 unspecified atom stereocenters. The van der Waals surface area contributed by atoms with Crippen LogP contribution in [0.1, 0.15) is 11.3 Å². The monoisotopic (exact) mass is 332 g/mol. The first kappa shape index (κ1) is 13.1. The lowest BCUT2D eigenvalue weighted by Crippen LogP contribution is -1.95. The van der Waals surface area contributed by atoms with E-state index in [9.17, 15) is 5.11 Å². The third kappa shape index (κ3) is 2.30. The summed E-state index contributed by atoms with van der Waals surface area (Å²) in [6.45, 7) is 1.84. The van der Waals surface area contributed by atoms with Crippen LogP contribution < -0.4 is 4.74 Å². The summed E-state index contributed by atoms with van der Waals surface area (Å²) in [6, 6.07) is 11.4. The molecule has 0 amide bonds. The van der Waals surface area contributed by atoms with E-state index in [2.05, 4.69) is 20.9 Å². The number of hydrogen-bond acceptors (Lipinski definition) is 3. The highest BCUT2D eigenvalue weighted by Gasteiger charge is 2.14. The van der Waals surface area contributed by atoms with E-state index < -0.39 is 0 Å². The fourth-order valence-corrected chi connectivity index (χ4v) is 2.56. The highest BCUT2D eigenvalue weighted by molar-refractivity contribution is 9.10. The van der Waals surface area contributed by atoms with Gasteiger partial charge in [-0.05, 0) is 42.8 Å². The fraction of sp³-hybridized carbons (Fsp3) is 0.133. The van der Waals surface area contributed by atoms with Crippen molar-refractivity contribution < 1.29 is 9.84 Å². The molecule has 0 aliphatic rings. The van der Waals surface area contributed by atoms with Gasteiger partial charge in [0.1, 0.15) is 17.1 Å². The average Bonchev–Trinajstić information content (AvgIpc) is 2.79. The maximum atomic E-state index is 9.55. The lowest BCUT2D eigenvalue weighted by Gasteiger charge is -2.07. The number of pyridine rings is 1. The zero-order chi connectivity index (χ0) is 14.1. The van der Waals surface area contributed by atoms with Crippen molar-refractivity contribution >= 4 is 21.6 Å². The van der Waals surface area contributed by atoms with Crippen LogP contribution in [0.4, 0.5) is 0 Å². The summed E-state index contributed by atoms with van der Waals surface area (Å²) in [5, 5.41) is 9.55. The number of ether oxygens (including phenoxy) is 1. The minimum Gasteiger partial charge on any atom is -0.437 e. The van der Waals surface area contributed by atoms with Gasteiger partial charge in [-0.3, -0.25) is 4.40 Å². The first-order valence-electron chi connectivity index (χ1n) is 6.20. The normalized spacial score (nSPS) is 10.9. The quantitative estimate of drug-likeness (QED) is 0.795. The van der Waals surface area contributed by atoms with Gasteiger partial charge in [0.25, 0.3) is 0 Å². The summed E-state index contributed by atoms with van der Waals surface area (Å²) in [5.41, 5.74) is 2.39. The maximum Gasteiger partial charge on any atom is 0.243 e. The molecule has 2 aromatic heterocycles. The highest BCUT2D eigenvalue weighted by atomic mass is 79.9. The molecule has 0 saturated heterocycles. The average molecular weight is 333 g/mol. The lowest BCUT2D eigenvalue weighted by atomic mass is 10.2. The van der Waals surface area contributed by atoms with Crippen molar-refractivity contribution in [3.05, 3.63) is 58.3 Å². The van der Waals surface area contributed by atoms with Crippen molar-refractivity contribution in [3.8, 4) is 11.6 Å². The van der Waals surface area contributed by atoms with E-state index in [1.807, 2.05) is 53.9 Å². The third-order valence-electron chi connectivity index (χ3n) is 3.09. The molecule has 0 spiro atoms. The number of aromatic nitrogens is 2. The minimum atomic E-state index is -0.129. The molecule has 1 aromatic carbocycles. The summed E-state index contributed by atoms with van der Waals surface area (Å²) in [6.07, 6.45) is 1.86. The summed E-state index contributed by atoms with van der Waals surface area (Å²) >= 11 is 3.42. The van der Waals surface area contributed by atoms with Gasteiger partial charge in [-0.15, -0.1) is 0 Å². The molecule has 2 heterocycles. The van der Waals surface area contributed by atoms with Crippen molar-refractivity contribution in [1.82, 2.24) is 9.38 Å². The van der Waals surface area contributed by atoms with Gasteiger partial charge < -0.3 is 9.84 Å². The second kappa shape index (κ2) is 5.26. The van der Waals surface area contributed by atoms with E-state index in [0.717, 1.165) is 21.4 Å². The molecule has 20 heavy (non-hydrogen) atoms. The van der Waals surface area contributed by atoms with Crippen LogP contribution in [0, 0.1) is 6.92 Å². The van der Waals surface area contributed by atoms with Gasteiger partial charge in [0.15, 0.2) is 0 Å². The molecular weight excluding hydrogens is 320 g/mol. The van der Waals surface area contributed by atoms with Gasteiger partial charge in [0, 0.05) is 10.7 Å². The molecule has 5 heteroatoms. The van der Waals surface area contributed by atoms with Crippen molar-refractivity contribution in [2.24, 2.45) is 0 Å². The molecule has 0 saturated carbocycles. The third-order valence-corrected chi connectivity index (χ3v) is 3.58. The predicted molar refractivity (Wildman–Crippen MR) is 80.1 cm³/mol. The van der Waals surface area contributed by atoms with Crippen molar-refractivity contribution in [1.29, 1.82) is 0 Å². The topological polar surface area (TPSA) is 46.8 Å². The van der Waals surface area contributed by atoms with Gasteiger partial charge in [-0.1, -0.05) is 22.0 Å². The molecule has 0 atom stereocenters. The van der Waals surface area contributed by atoms with E-state index in [1.165, 1.54) is 0 Å². The van der Waals surface area contributed by atoms with E-state index >= 15 is 0 Å². The minimum absolute atomic E-state index is 0.129. The SMILES string of the molecule is Cc1cc(Br)ccc1Oc1nc2ccccn2c1CO. The largest absolute Gasteiger partial charge is 0.437 e. The Balaban J connectivity index is 2.06. The maximum absolute atomic E-state index is 9.55. The van der Waals surface area contributed by atoms with Crippen molar-refractivity contribution in [2.75, 3.05) is 0 Å². The zero-order valence-electron chi connectivity index (χ0n) is 10.9. The molecule has 0 aliphatic heterocycles. The summed E-state index contributed by atoms with van der Waals surface area (Å²) < 4.78 is 8.68. The van der Waals surface area contributed by atoms with Gasteiger partial charge in [0.2, 0.25) is 5.88 Å².